The number of hydrogen-bond acceptors (Lipinski definition) is 3. The van der Waals surface area contributed by atoms with Crippen molar-refractivity contribution in [3.63, 3.8) is 0 Å². The van der Waals surface area contributed by atoms with Crippen LogP contribution in [0.25, 0.3) is 0 Å². The van der Waals surface area contributed by atoms with E-state index in [0.29, 0.717) is 6.04 Å². The predicted octanol–water partition coefficient (Wildman–Crippen LogP) is 1.89. The van der Waals surface area contributed by atoms with Crippen LogP contribution in [0.2, 0.25) is 0 Å². The van der Waals surface area contributed by atoms with Gasteiger partial charge in [-0.3, -0.25) is 4.90 Å². The molecule has 1 N–H and O–H groups in total. The molecule has 0 aromatic heterocycles. The maximum Gasteiger partial charge on any atom is 0.0446 e. The number of aryl methyl sites for hydroxylation is 1. The molecule has 0 amide bonds. The lowest BCUT2D eigenvalue weighted by atomic mass is 10.0. The quantitative estimate of drug-likeness (QED) is 0.873. The molecule has 2 rings (SSSR count). The van der Waals surface area contributed by atoms with E-state index in [1.54, 1.807) is 0 Å². The maximum absolute atomic E-state index is 3.46. The third-order valence-corrected chi connectivity index (χ3v) is 4.18. The van der Waals surface area contributed by atoms with Crippen LogP contribution in [0.5, 0.6) is 0 Å². The molecule has 0 spiro atoms. The standard InChI is InChI=1S/C16H27N3/c1-4-18-9-11-19(12-10-18)13-16(17-3)15-7-5-14(2)6-8-15/h5-8,16-17H,4,9-13H2,1-3H3. The van der Waals surface area contributed by atoms with Crippen molar-refractivity contribution in [1.82, 2.24) is 15.1 Å². The summed E-state index contributed by atoms with van der Waals surface area (Å²) < 4.78 is 0. The average Bonchev–Trinajstić information content (AvgIpc) is 2.46. The molecule has 1 fully saturated rings. The first-order valence-electron chi connectivity index (χ1n) is 7.41. The number of piperazine rings is 1. The van der Waals surface area contributed by atoms with E-state index < -0.39 is 0 Å². The SMILES string of the molecule is CCN1CCN(CC(NC)c2ccc(C)cc2)CC1. The monoisotopic (exact) mass is 261 g/mol. The summed E-state index contributed by atoms with van der Waals surface area (Å²) in [6.45, 7) is 11.5. The Morgan fingerprint density at radius 3 is 2.16 bits per heavy atom. The highest BCUT2D eigenvalue weighted by Gasteiger charge is 2.19. The van der Waals surface area contributed by atoms with Gasteiger partial charge in [0.2, 0.25) is 0 Å². The minimum absolute atomic E-state index is 0.439. The van der Waals surface area contributed by atoms with E-state index in [0.717, 1.165) is 6.54 Å². The molecular weight excluding hydrogens is 234 g/mol. The van der Waals surface area contributed by atoms with Gasteiger partial charge in [0.1, 0.15) is 0 Å². The third kappa shape index (κ3) is 4.03. The molecule has 3 heteroatoms. The van der Waals surface area contributed by atoms with E-state index in [2.05, 4.69) is 60.3 Å². The van der Waals surface area contributed by atoms with Gasteiger partial charge in [-0.25, -0.2) is 0 Å². The van der Waals surface area contributed by atoms with Crippen molar-refractivity contribution < 1.29 is 0 Å². The lowest BCUT2D eigenvalue weighted by molar-refractivity contribution is 0.128. The van der Waals surface area contributed by atoms with E-state index in [4.69, 9.17) is 0 Å². The van der Waals surface area contributed by atoms with Crippen LogP contribution in [0.4, 0.5) is 0 Å². The van der Waals surface area contributed by atoms with Crippen LogP contribution in [0.1, 0.15) is 24.1 Å². The highest BCUT2D eigenvalue weighted by Crippen LogP contribution is 2.16. The largest absolute Gasteiger partial charge is 0.312 e. The van der Waals surface area contributed by atoms with E-state index in [1.165, 1.54) is 43.9 Å². The average molecular weight is 261 g/mol. The van der Waals surface area contributed by atoms with Gasteiger partial charge in [0.25, 0.3) is 0 Å². The minimum Gasteiger partial charge on any atom is -0.312 e. The molecule has 1 saturated heterocycles. The minimum atomic E-state index is 0.439. The number of rotatable bonds is 5. The summed E-state index contributed by atoms with van der Waals surface area (Å²) in [7, 11) is 2.06. The fraction of sp³-hybridized carbons (Fsp3) is 0.625. The molecule has 0 aliphatic carbocycles. The molecule has 1 aliphatic heterocycles. The first-order chi connectivity index (χ1) is 9.22. The lowest BCUT2D eigenvalue weighted by Gasteiger charge is -2.36. The molecule has 0 saturated carbocycles. The van der Waals surface area contributed by atoms with Crippen molar-refractivity contribution in [2.45, 2.75) is 19.9 Å². The van der Waals surface area contributed by atoms with Crippen LogP contribution in [-0.2, 0) is 0 Å². The Bertz CT molecular complexity index is 366. The molecule has 1 aromatic rings. The van der Waals surface area contributed by atoms with Crippen LogP contribution >= 0.6 is 0 Å². The van der Waals surface area contributed by atoms with Crippen LogP contribution in [-0.4, -0.2) is 56.1 Å². The highest BCUT2D eigenvalue weighted by molar-refractivity contribution is 5.24. The Morgan fingerprint density at radius 2 is 1.63 bits per heavy atom. The Kier molecular flexibility index (Phi) is 5.37. The molecule has 1 aliphatic rings. The second-order valence-corrected chi connectivity index (χ2v) is 5.49. The second kappa shape index (κ2) is 7.04. The number of hydrogen-bond donors (Lipinski definition) is 1. The van der Waals surface area contributed by atoms with E-state index in [1.807, 2.05) is 0 Å². The number of nitrogens with one attached hydrogen (secondary N) is 1. The molecule has 1 aromatic carbocycles. The summed E-state index contributed by atoms with van der Waals surface area (Å²) in [5, 5.41) is 3.46. The van der Waals surface area contributed by atoms with Crippen LogP contribution in [0.15, 0.2) is 24.3 Å². The summed E-state index contributed by atoms with van der Waals surface area (Å²) in [5.74, 6) is 0. The van der Waals surface area contributed by atoms with E-state index in [-0.39, 0.29) is 0 Å². The molecule has 1 heterocycles. The maximum atomic E-state index is 3.46. The smallest absolute Gasteiger partial charge is 0.0446 e. The van der Waals surface area contributed by atoms with Crippen molar-refractivity contribution in [2.24, 2.45) is 0 Å². The molecule has 106 valence electrons. The molecular formula is C16H27N3. The van der Waals surface area contributed by atoms with Gasteiger partial charge in [-0.1, -0.05) is 36.8 Å². The summed E-state index contributed by atoms with van der Waals surface area (Å²) in [6, 6.07) is 9.34. The highest BCUT2D eigenvalue weighted by atomic mass is 15.3. The topological polar surface area (TPSA) is 18.5 Å². The normalized spacial score (nSPS) is 19.5. The molecule has 19 heavy (non-hydrogen) atoms. The lowest BCUT2D eigenvalue weighted by Crippen LogP contribution is -2.48. The predicted molar refractivity (Wildman–Crippen MR) is 81.5 cm³/mol. The molecule has 0 radical (unpaired) electrons. The first kappa shape index (κ1) is 14.5. The van der Waals surface area contributed by atoms with Crippen molar-refractivity contribution in [3.8, 4) is 0 Å². The summed E-state index contributed by atoms with van der Waals surface area (Å²) in [6.07, 6.45) is 0. The molecule has 3 nitrogen and oxygen atoms in total. The molecule has 0 bridgehead atoms. The van der Waals surface area contributed by atoms with Crippen LogP contribution in [0.3, 0.4) is 0 Å². The van der Waals surface area contributed by atoms with Crippen LogP contribution in [0, 0.1) is 6.92 Å². The zero-order valence-corrected chi connectivity index (χ0v) is 12.5. The van der Waals surface area contributed by atoms with E-state index in [9.17, 15) is 0 Å². The van der Waals surface area contributed by atoms with Gasteiger partial charge >= 0.3 is 0 Å². The summed E-state index contributed by atoms with van der Waals surface area (Å²) >= 11 is 0. The third-order valence-electron chi connectivity index (χ3n) is 4.18. The zero-order valence-electron chi connectivity index (χ0n) is 12.5. The van der Waals surface area contributed by atoms with Gasteiger partial charge in [0.15, 0.2) is 0 Å². The Balaban J connectivity index is 1.91. The van der Waals surface area contributed by atoms with E-state index >= 15 is 0 Å². The number of benzene rings is 1. The van der Waals surface area contributed by atoms with Gasteiger partial charge in [-0.05, 0) is 26.1 Å². The Morgan fingerprint density at radius 1 is 1.05 bits per heavy atom. The Labute approximate surface area is 117 Å². The van der Waals surface area contributed by atoms with Crippen molar-refractivity contribution >= 4 is 0 Å². The number of nitrogens with zero attached hydrogens (tertiary/aromatic N) is 2. The van der Waals surface area contributed by atoms with Gasteiger partial charge in [0, 0.05) is 38.8 Å². The summed E-state index contributed by atoms with van der Waals surface area (Å²) in [4.78, 5) is 5.10. The van der Waals surface area contributed by atoms with Crippen molar-refractivity contribution in [2.75, 3.05) is 46.3 Å². The Hall–Kier alpha value is -0.900. The fourth-order valence-electron chi connectivity index (χ4n) is 2.71. The zero-order chi connectivity index (χ0) is 13.7. The van der Waals surface area contributed by atoms with Crippen LogP contribution < -0.4 is 5.32 Å². The number of likely N-dealkylation sites (N-methyl/N-ethyl adjacent to an activating group) is 2. The van der Waals surface area contributed by atoms with Gasteiger partial charge in [-0.2, -0.15) is 0 Å². The van der Waals surface area contributed by atoms with Crippen molar-refractivity contribution in [1.29, 1.82) is 0 Å². The first-order valence-corrected chi connectivity index (χ1v) is 7.41. The summed E-state index contributed by atoms with van der Waals surface area (Å²) in [5.41, 5.74) is 2.72. The van der Waals surface area contributed by atoms with Crippen molar-refractivity contribution in [3.05, 3.63) is 35.4 Å². The van der Waals surface area contributed by atoms with Gasteiger partial charge in [0.05, 0.1) is 0 Å². The second-order valence-electron chi connectivity index (χ2n) is 5.49. The molecule has 1 atom stereocenters. The van der Waals surface area contributed by atoms with Gasteiger partial charge < -0.3 is 10.2 Å². The molecule has 1 unspecified atom stereocenters. The van der Waals surface area contributed by atoms with Gasteiger partial charge in [-0.15, -0.1) is 0 Å². The fourth-order valence-corrected chi connectivity index (χ4v) is 2.71.